The summed E-state index contributed by atoms with van der Waals surface area (Å²) in [5, 5.41) is 0. The lowest BCUT2D eigenvalue weighted by Crippen LogP contribution is -1.70. The highest BCUT2D eigenvalue weighted by Crippen LogP contribution is 1.50. The monoisotopic (exact) mass is 142 g/mol. The van der Waals surface area contributed by atoms with Crippen molar-refractivity contribution < 1.29 is 17.2 Å². The van der Waals surface area contributed by atoms with E-state index in [0.29, 0.717) is 0 Å². The number of hydrogen-bond donors (Lipinski definition) is 0. The lowest BCUT2D eigenvalue weighted by Gasteiger charge is -1.60. The minimum absolute atomic E-state index is 0.611. The zero-order chi connectivity index (χ0) is 12.2. The van der Waals surface area contributed by atoms with Crippen molar-refractivity contribution in [1.82, 2.24) is 0 Å². The predicted octanol–water partition coefficient (Wildman–Crippen LogP) is 0.590. The van der Waals surface area contributed by atoms with Crippen LogP contribution in [0.4, 0.5) is 0 Å². The van der Waals surface area contributed by atoms with Crippen molar-refractivity contribution in [2.45, 2.75) is 13.7 Å². The van der Waals surface area contributed by atoms with Gasteiger partial charge in [0.25, 0.3) is 0 Å². The molecule has 3 heteroatoms. The van der Waals surface area contributed by atoms with Crippen LogP contribution in [0.25, 0.3) is 0 Å². The van der Waals surface area contributed by atoms with Crippen LogP contribution in [0.2, 0.25) is 0 Å². The molecule has 0 radical (unpaired) electrons. The van der Waals surface area contributed by atoms with Gasteiger partial charge in [-0.05, 0) is 13.7 Å². The first-order chi connectivity index (χ1) is 5.89. The SMILES string of the molecule is CS(C)=O.[2H]C([2H])([2H])C(=O)C([2H])([2H])[2H]. The van der Waals surface area contributed by atoms with Gasteiger partial charge in [0.2, 0.25) is 0 Å². The molecule has 0 aliphatic rings. The Hall–Kier alpha value is -0.180. The van der Waals surface area contributed by atoms with Crippen LogP contribution < -0.4 is 0 Å². The third-order valence-corrected chi connectivity index (χ3v) is 0. The zero-order valence-corrected chi connectivity index (χ0v) is 5.54. The first-order valence-corrected chi connectivity index (χ1v) is 3.65. The molecule has 0 aliphatic heterocycles. The molecule has 0 unspecified atom stereocenters. The minimum atomic E-state index is -3.01. The molecule has 0 saturated heterocycles. The Labute approximate surface area is 61.2 Å². The van der Waals surface area contributed by atoms with E-state index in [9.17, 15) is 9.00 Å². The van der Waals surface area contributed by atoms with Gasteiger partial charge in [0.05, 0.1) is 0 Å². The fraction of sp³-hybridized carbons (Fsp3) is 0.800. The lowest BCUT2D eigenvalue weighted by molar-refractivity contribution is -0.114. The Bertz CT molecular complexity index is 197. The second-order valence-corrected chi connectivity index (χ2v) is 2.55. The molecule has 0 atom stereocenters. The molecule has 50 valence electrons. The van der Waals surface area contributed by atoms with Crippen molar-refractivity contribution in [3.8, 4) is 0 Å². The Morgan fingerprint density at radius 1 is 1.50 bits per heavy atom. The molecule has 0 spiro atoms. The average Bonchev–Trinajstić information content (AvgIpc) is 1.80. The largest absolute Gasteiger partial charge is 0.300 e. The molecule has 0 aliphatic carbocycles. The normalized spacial score (nSPS) is 21.9. The molecular formula is C5H12O2S. The van der Waals surface area contributed by atoms with E-state index < -0.39 is 30.3 Å². The van der Waals surface area contributed by atoms with E-state index >= 15 is 0 Å². The van der Waals surface area contributed by atoms with Crippen molar-refractivity contribution >= 4 is 16.6 Å². The third kappa shape index (κ3) is 4170. The molecular weight excluding hydrogens is 124 g/mol. The zero-order valence-electron chi connectivity index (χ0n) is 10.7. The summed E-state index contributed by atoms with van der Waals surface area (Å²) in [4.78, 5) is 10.4. The maximum absolute atomic E-state index is 10.4. The molecule has 0 amide bonds. The van der Waals surface area contributed by atoms with E-state index in [2.05, 4.69) is 0 Å². The van der Waals surface area contributed by atoms with Gasteiger partial charge in [-0.3, -0.25) is 4.21 Å². The Balaban J connectivity index is 0. The molecule has 0 fully saturated rings. The first-order valence-electron chi connectivity index (χ1n) is 4.69. The fourth-order valence-corrected chi connectivity index (χ4v) is 0. The highest BCUT2D eigenvalue weighted by Gasteiger charge is 1.62. The molecule has 0 bridgehead atoms. The van der Waals surface area contributed by atoms with Gasteiger partial charge in [0.15, 0.2) is 0 Å². The second-order valence-electron chi connectivity index (χ2n) is 1.07. The smallest absolute Gasteiger partial charge is 0.126 e. The number of ketones is 1. The van der Waals surface area contributed by atoms with Crippen molar-refractivity contribution in [2.75, 3.05) is 12.5 Å². The molecule has 0 rings (SSSR count). The molecule has 2 nitrogen and oxygen atoms in total. The van der Waals surface area contributed by atoms with Crippen LogP contribution in [-0.2, 0) is 15.6 Å². The van der Waals surface area contributed by atoms with Crippen molar-refractivity contribution in [2.24, 2.45) is 0 Å². The third-order valence-electron chi connectivity index (χ3n) is 0. The molecule has 0 aromatic rings. The fourth-order valence-electron chi connectivity index (χ4n) is 0. The van der Waals surface area contributed by atoms with Crippen LogP contribution in [-0.4, -0.2) is 22.5 Å². The average molecular weight is 142 g/mol. The van der Waals surface area contributed by atoms with Gasteiger partial charge in [0.1, 0.15) is 5.78 Å². The maximum Gasteiger partial charge on any atom is 0.126 e. The van der Waals surface area contributed by atoms with E-state index in [0.717, 1.165) is 0 Å². The summed E-state index contributed by atoms with van der Waals surface area (Å²) < 4.78 is 48.1. The topological polar surface area (TPSA) is 34.1 Å². The van der Waals surface area contributed by atoms with Gasteiger partial charge in [-0.1, -0.05) is 0 Å². The van der Waals surface area contributed by atoms with Gasteiger partial charge in [0, 0.05) is 31.5 Å². The number of carbonyl (C=O) groups excluding carboxylic acids is 1. The molecule has 0 heterocycles. The molecule has 0 aromatic heterocycles. The van der Waals surface area contributed by atoms with E-state index in [-0.39, 0.29) is 0 Å². The Morgan fingerprint density at radius 3 is 1.75 bits per heavy atom. The molecule has 8 heavy (non-hydrogen) atoms. The summed E-state index contributed by atoms with van der Waals surface area (Å²) in [5.74, 6) is -1.68. The summed E-state index contributed by atoms with van der Waals surface area (Å²) in [6.45, 7) is -6.02. The number of rotatable bonds is 0. The summed E-state index contributed by atoms with van der Waals surface area (Å²) in [6.07, 6.45) is 3.28. The minimum Gasteiger partial charge on any atom is -0.300 e. The summed E-state index contributed by atoms with van der Waals surface area (Å²) >= 11 is 0. The lowest BCUT2D eigenvalue weighted by atomic mass is 10.6. The van der Waals surface area contributed by atoms with Gasteiger partial charge >= 0.3 is 0 Å². The number of hydrogen-bond acceptors (Lipinski definition) is 2. The van der Waals surface area contributed by atoms with E-state index in [1.165, 1.54) is 0 Å². The van der Waals surface area contributed by atoms with Gasteiger partial charge in [-0.2, -0.15) is 0 Å². The van der Waals surface area contributed by atoms with Crippen molar-refractivity contribution in [3.05, 3.63) is 0 Å². The van der Waals surface area contributed by atoms with Crippen LogP contribution in [0.15, 0.2) is 0 Å². The van der Waals surface area contributed by atoms with Crippen LogP contribution >= 0.6 is 0 Å². The highest BCUT2D eigenvalue weighted by atomic mass is 32.2. The van der Waals surface area contributed by atoms with Gasteiger partial charge in [-0.25, -0.2) is 0 Å². The molecule has 0 N–H and O–H groups in total. The quantitative estimate of drug-likeness (QED) is 0.496. The van der Waals surface area contributed by atoms with E-state index in [1.54, 1.807) is 12.5 Å². The van der Waals surface area contributed by atoms with Crippen LogP contribution in [0, 0.1) is 0 Å². The summed E-state index contributed by atoms with van der Waals surface area (Å²) in [5.41, 5.74) is 0. The second kappa shape index (κ2) is 6.82. The number of Topliss-reactive ketones (excluding diaryl/α,β-unsaturated/α-hetero) is 1. The first kappa shape index (κ1) is 2.60. The standard InChI is InChI=1S/C3H6O.C2H6OS/c1-3(2)4;1-4(2)3/h2*1-2H3/i1D3,2D3;. The maximum atomic E-state index is 10.4. The van der Waals surface area contributed by atoms with Gasteiger partial charge in [-0.15, -0.1) is 0 Å². The Morgan fingerprint density at radius 2 is 1.75 bits per heavy atom. The summed E-state index contributed by atoms with van der Waals surface area (Å²) in [7, 11) is -0.611. The van der Waals surface area contributed by atoms with Crippen LogP contribution in [0.1, 0.15) is 21.9 Å². The number of carbonyl (C=O) groups is 1. The Kier molecular flexibility index (Phi) is 2.22. The molecule has 0 aromatic carbocycles. The highest BCUT2D eigenvalue weighted by molar-refractivity contribution is 7.83. The van der Waals surface area contributed by atoms with Gasteiger partial charge < -0.3 is 4.79 Å². The molecule has 0 saturated carbocycles. The van der Waals surface area contributed by atoms with E-state index in [1.807, 2.05) is 0 Å². The van der Waals surface area contributed by atoms with E-state index in [4.69, 9.17) is 8.22 Å². The van der Waals surface area contributed by atoms with Crippen LogP contribution in [0.3, 0.4) is 0 Å². The van der Waals surface area contributed by atoms with Crippen molar-refractivity contribution in [3.63, 3.8) is 0 Å². The van der Waals surface area contributed by atoms with Crippen LogP contribution in [0.5, 0.6) is 0 Å². The summed E-state index contributed by atoms with van der Waals surface area (Å²) in [6, 6.07) is 0. The van der Waals surface area contributed by atoms with Crippen molar-refractivity contribution in [1.29, 1.82) is 0 Å². The predicted molar refractivity (Wildman–Crippen MR) is 36.3 cm³/mol.